The molecule has 1 fully saturated rings. The summed E-state index contributed by atoms with van der Waals surface area (Å²) in [5.41, 5.74) is 2.46. The summed E-state index contributed by atoms with van der Waals surface area (Å²) in [6, 6.07) is 8.19. The van der Waals surface area contributed by atoms with Gasteiger partial charge in [0.1, 0.15) is 6.04 Å². The van der Waals surface area contributed by atoms with Crippen molar-refractivity contribution in [3.8, 4) is 0 Å². The minimum atomic E-state index is -0.0766. The highest BCUT2D eigenvalue weighted by Crippen LogP contribution is 2.30. The average molecular weight is 258 g/mol. The third-order valence-electron chi connectivity index (χ3n) is 4.50. The zero-order valence-electron chi connectivity index (χ0n) is 11.5. The van der Waals surface area contributed by atoms with Gasteiger partial charge in [-0.2, -0.15) is 0 Å². The number of anilines is 1. The van der Waals surface area contributed by atoms with Crippen LogP contribution in [0, 0.1) is 0 Å². The largest absolute Gasteiger partial charge is 0.373 e. The summed E-state index contributed by atoms with van der Waals surface area (Å²) in [4.78, 5) is 12.4. The van der Waals surface area contributed by atoms with Crippen LogP contribution in [0.1, 0.15) is 44.6 Å². The Kier molecular flexibility index (Phi) is 3.21. The molecule has 2 N–H and O–H groups in total. The molecule has 2 aliphatic rings. The fourth-order valence-electron chi connectivity index (χ4n) is 3.30. The number of fused-ring (bicyclic) bond motifs is 1. The molecule has 1 unspecified atom stereocenters. The third kappa shape index (κ3) is 2.60. The van der Waals surface area contributed by atoms with E-state index in [1.165, 1.54) is 18.4 Å². The SMILES string of the molecule is CC1(NC(=O)C2CCc3ccccc3N2)CCCC1. The van der Waals surface area contributed by atoms with E-state index in [2.05, 4.69) is 35.8 Å². The topological polar surface area (TPSA) is 41.1 Å². The van der Waals surface area contributed by atoms with Crippen LogP contribution in [0.2, 0.25) is 0 Å². The lowest BCUT2D eigenvalue weighted by Crippen LogP contribution is -2.51. The molecule has 0 radical (unpaired) electrons. The molecule has 1 atom stereocenters. The van der Waals surface area contributed by atoms with E-state index in [4.69, 9.17) is 0 Å². The predicted octanol–water partition coefficient (Wildman–Crippen LogP) is 2.86. The molecule has 1 aromatic rings. The van der Waals surface area contributed by atoms with Crippen LogP contribution < -0.4 is 10.6 Å². The number of carbonyl (C=O) groups excluding carboxylic acids is 1. The van der Waals surface area contributed by atoms with Crippen LogP contribution in [0.4, 0.5) is 5.69 Å². The Bertz CT molecular complexity index is 477. The van der Waals surface area contributed by atoms with E-state index in [1.807, 2.05) is 6.07 Å². The van der Waals surface area contributed by atoms with Crippen molar-refractivity contribution in [2.45, 2.75) is 57.0 Å². The maximum atomic E-state index is 12.4. The molecule has 1 amide bonds. The number of amides is 1. The lowest BCUT2D eigenvalue weighted by Gasteiger charge is -2.31. The highest BCUT2D eigenvalue weighted by atomic mass is 16.2. The molecule has 0 spiro atoms. The average Bonchev–Trinajstić information content (AvgIpc) is 2.84. The van der Waals surface area contributed by atoms with Crippen LogP contribution in [0.25, 0.3) is 0 Å². The summed E-state index contributed by atoms with van der Waals surface area (Å²) >= 11 is 0. The molecule has 0 aromatic heterocycles. The predicted molar refractivity (Wildman–Crippen MR) is 77.2 cm³/mol. The number of carbonyl (C=O) groups is 1. The van der Waals surface area contributed by atoms with Gasteiger partial charge < -0.3 is 10.6 Å². The van der Waals surface area contributed by atoms with Crippen molar-refractivity contribution in [3.05, 3.63) is 29.8 Å². The second kappa shape index (κ2) is 4.87. The zero-order valence-corrected chi connectivity index (χ0v) is 11.5. The van der Waals surface area contributed by atoms with E-state index < -0.39 is 0 Å². The van der Waals surface area contributed by atoms with Crippen molar-refractivity contribution in [2.24, 2.45) is 0 Å². The molecule has 3 nitrogen and oxygen atoms in total. The highest BCUT2D eigenvalue weighted by molar-refractivity contribution is 5.86. The number of hydrogen-bond donors (Lipinski definition) is 2. The van der Waals surface area contributed by atoms with Crippen molar-refractivity contribution in [1.29, 1.82) is 0 Å². The van der Waals surface area contributed by atoms with E-state index in [9.17, 15) is 4.79 Å². The summed E-state index contributed by atoms with van der Waals surface area (Å²) in [5.74, 6) is 0.166. The maximum Gasteiger partial charge on any atom is 0.242 e. The molecule has 0 saturated heterocycles. The van der Waals surface area contributed by atoms with Gasteiger partial charge in [0.15, 0.2) is 0 Å². The molecular formula is C16H22N2O. The van der Waals surface area contributed by atoms with E-state index in [0.717, 1.165) is 31.4 Å². The van der Waals surface area contributed by atoms with Crippen LogP contribution in [0.15, 0.2) is 24.3 Å². The van der Waals surface area contributed by atoms with Crippen LogP contribution in [0.5, 0.6) is 0 Å². The molecule has 102 valence electrons. The summed E-state index contributed by atoms with van der Waals surface area (Å²) in [7, 11) is 0. The van der Waals surface area contributed by atoms with Crippen molar-refractivity contribution < 1.29 is 4.79 Å². The first kappa shape index (κ1) is 12.5. The van der Waals surface area contributed by atoms with Gasteiger partial charge in [0.2, 0.25) is 5.91 Å². The Balaban J connectivity index is 1.66. The number of para-hydroxylation sites is 1. The smallest absolute Gasteiger partial charge is 0.242 e. The van der Waals surface area contributed by atoms with Gasteiger partial charge in [-0.15, -0.1) is 0 Å². The first-order valence-electron chi connectivity index (χ1n) is 7.33. The van der Waals surface area contributed by atoms with Gasteiger partial charge >= 0.3 is 0 Å². The second-order valence-corrected chi connectivity index (χ2v) is 6.15. The summed E-state index contributed by atoms with van der Waals surface area (Å²) < 4.78 is 0. The van der Waals surface area contributed by atoms with Crippen LogP contribution in [-0.4, -0.2) is 17.5 Å². The van der Waals surface area contributed by atoms with Gasteiger partial charge in [-0.1, -0.05) is 31.0 Å². The van der Waals surface area contributed by atoms with Crippen molar-refractivity contribution in [2.75, 3.05) is 5.32 Å². The van der Waals surface area contributed by atoms with E-state index in [0.29, 0.717) is 0 Å². The summed E-state index contributed by atoms with van der Waals surface area (Å²) in [6.07, 6.45) is 6.57. The molecule has 1 heterocycles. The molecule has 3 heteroatoms. The Morgan fingerprint density at radius 1 is 1.32 bits per heavy atom. The second-order valence-electron chi connectivity index (χ2n) is 6.15. The first-order chi connectivity index (χ1) is 9.16. The van der Waals surface area contributed by atoms with Crippen molar-refractivity contribution >= 4 is 11.6 Å². The molecule has 1 aromatic carbocycles. The highest BCUT2D eigenvalue weighted by Gasteiger charge is 2.33. The number of hydrogen-bond acceptors (Lipinski definition) is 2. The van der Waals surface area contributed by atoms with E-state index >= 15 is 0 Å². The molecule has 1 aliphatic heterocycles. The monoisotopic (exact) mass is 258 g/mol. The standard InChI is InChI=1S/C16H22N2O/c1-16(10-4-5-11-16)18-15(19)14-9-8-12-6-2-3-7-13(12)17-14/h2-3,6-7,14,17H,4-5,8-11H2,1H3,(H,18,19). The molecule has 19 heavy (non-hydrogen) atoms. The molecule has 0 bridgehead atoms. The van der Waals surface area contributed by atoms with Gasteiger partial charge in [0.25, 0.3) is 0 Å². The third-order valence-corrected chi connectivity index (χ3v) is 4.50. The number of rotatable bonds is 2. The number of nitrogens with one attached hydrogen (secondary N) is 2. The van der Waals surface area contributed by atoms with E-state index in [-0.39, 0.29) is 17.5 Å². The van der Waals surface area contributed by atoms with Gasteiger partial charge in [-0.25, -0.2) is 0 Å². The molecule has 3 rings (SSSR count). The minimum Gasteiger partial charge on any atom is -0.373 e. The lowest BCUT2D eigenvalue weighted by atomic mass is 9.95. The fraction of sp³-hybridized carbons (Fsp3) is 0.562. The van der Waals surface area contributed by atoms with Gasteiger partial charge in [0, 0.05) is 11.2 Å². The Morgan fingerprint density at radius 2 is 2.05 bits per heavy atom. The summed E-state index contributed by atoms with van der Waals surface area (Å²) in [5, 5.41) is 6.63. The quantitative estimate of drug-likeness (QED) is 0.856. The first-order valence-corrected chi connectivity index (χ1v) is 7.33. The van der Waals surface area contributed by atoms with Crippen LogP contribution in [0.3, 0.4) is 0 Å². The Labute approximate surface area is 114 Å². The number of benzene rings is 1. The van der Waals surface area contributed by atoms with Gasteiger partial charge in [-0.05, 0) is 44.2 Å². The number of aryl methyl sites for hydroxylation is 1. The maximum absolute atomic E-state index is 12.4. The van der Waals surface area contributed by atoms with Crippen LogP contribution in [-0.2, 0) is 11.2 Å². The Morgan fingerprint density at radius 3 is 2.84 bits per heavy atom. The fourth-order valence-corrected chi connectivity index (χ4v) is 3.30. The Hall–Kier alpha value is -1.51. The normalized spacial score (nSPS) is 24.4. The van der Waals surface area contributed by atoms with Crippen LogP contribution >= 0.6 is 0 Å². The molecule has 1 saturated carbocycles. The molecular weight excluding hydrogens is 236 g/mol. The zero-order chi connectivity index (χ0) is 13.3. The van der Waals surface area contributed by atoms with Gasteiger partial charge in [-0.3, -0.25) is 4.79 Å². The van der Waals surface area contributed by atoms with Crippen molar-refractivity contribution in [1.82, 2.24) is 5.32 Å². The minimum absolute atomic E-state index is 0.0235. The van der Waals surface area contributed by atoms with Crippen molar-refractivity contribution in [3.63, 3.8) is 0 Å². The van der Waals surface area contributed by atoms with E-state index in [1.54, 1.807) is 0 Å². The lowest BCUT2D eigenvalue weighted by molar-refractivity contribution is -0.123. The summed E-state index contributed by atoms with van der Waals surface area (Å²) in [6.45, 7) is 2.18. The van der Waals surface area contributed by atoms with Gasteiger partial charge in [0.05, 0.1) is 0 Å². The molecule has 1 aliphatic carbocycles.